The molecule has 1 saturated heterocycles. The molecule has 3 heteroatoms. The number of pyridine rings is 1. The van der Waals surface area contributed by atoms with Gasteiger partial charge < -0.3 is 10.1 Å². The van der Waals surface area contributed by atoms with Gasteiger partial charge in [-0.05, 0) is 43.5 Å². The van der Waals surface area contributed by atoms with Crippen LogP contribution >= 0.6 is 0 Å². The van der Waals surface area contributed by atoms with Crippen molar-refractivity contribution in [3.8, 4) is 5.88 Å². The molecule has 1 N–H and O–H groups in total. The summed E-state index contributed by atoms with van der Waals surface area (Å²) < 4.78 is 5.09. The van der Waals surface area contributed by atoms with Gasteiger partial charge in [-0.3, -0.25) is 0 Å². The number of nitrogens with one attached hydrogen (secondary N) is 1. The second kappa shape index (κ2) is 4.42. The summed E-state index contributed by atoms with van der Waals surface area (Å²) in [5.41, 5.74) is 1.32. The highest BCUT2D eigenvalue weighted by Crippen LogP contribution is 2.17. The summed E-state index contributed by atoms with van der Waals surface area (Å²) in [6.45, 7) is 2.30. The standard InChI is InChI=1S/C11H16N2O/c1-14-11-7-9(3-5-13-11)6-10-2-4-12-8-10/h3,5,7,10,12H,2,4,6,8H2,1H3/t10-/m1/s1. The lowest BCUT2D eigenvalue weighted by Crippen LogP contribution is -2.10. The Kier molecular flexibility index (Phi) is 2.99. The van der Waals surface area contributed by atoms with Gasteiger partial charge in [0, 0.05) is 12.3 Å². The minimum atomic E-state index is 0.716. The van der Waals surface area contributed by atoms with Crippen molar-refractivity contribution >= 4 is 0 Å². The van der Waals surface area contributed by atoms with Crippen molar-refractivity contribution in [2.45, 2.75) is 12.8 Å². The van der Waals surface area contributed by atoms with Crippen LogP contribution in [0.2, 0.25) is 0 Å². The van der Waals surface area contributed by atoms with E-state index in [9.17, 15) is 0 Å². The monoisotopic (exact) mass is 192 g/mol. The normalized spacial score (nSPS) is 21.1. The van der Waals surface area contributed by atoms with Crippen LogP contribution in [0.3, 0.4) is 0 Å². The number of ether oxygens (including phenoxy) is 1. The predicted molar refractivity (Wildman–Crippen MR) is 55.5 cm³/mol. The Hall–Kier alpha value is -1.09. The zero-order valence-corrected chi connectivity index (χ0v) is 8.49. The Morgan fingerprint density at radius 2 is 2.57 bits per heavy atom. The highest BCUT2D eigenvalue weighted by atomic mass is 16.5. The molecule has 0 aliphatic carbocycles. The van der Waals surface area contributed by atoms with Crippen molar-refractivity contribution in [2.24, 2.45) is 5.92 Å². The Balaban J connectivity index is 2.00. The van der Waals surface area contributed by atoms with Gasteiger partial charge in [-0.25, -0.2) is 4.98 Å². The molecule has 0 unspecified atom stereocenters. The molecular formula is C11H16N2O. The van der Waals surface area contributed by atoms with E-state index in [1.54, 1.807) is 7.11 Å². The van der Waals surface area contributed by atoms with Crippen molar-refractivity contribution < 1.29 is 4.74 Å². The molecule has 1 aromatic heterocycles. The topological polar surface area (TPSA) is 34.1 Å². The molecule has 1 aromatic rings. The SMILES string of the molecule is COc1cc(C[C@H]2CCNC2)ccn1. The van der Waals surface area contributed by atoms with E-state index in [0.717, 1.165) is 25.4 Å². The lowest BCUT2D eigenvalue weighted by atomic mass is 10.00. The van der Waals surface area contributed by atoms with Crippen LogP contribution in [0.25, 0.3) is 0 Å². The van der Waals surface area contributed by atoms with E-state index in [-0.39, 0.29) is 0 Å². The van der Waals surface area contributed by atoms with Crippen LogP contribution < -0.4 is 10.1 Å². The third kappa shape index (κ3) is 2.23. The van der Waals surface area contributed by atoms with Gasteiger partial charge in [0.1, 0.15) is 0 Å². The maximum absolute atomic E-state index is 5.09. The van der Waals surface area contributed by atoms with Gasteiger partial charge in [0.15, 0.2) is 0 Å². The average molecular weight is 192 g/mol. The number of rotatable bonds is 3. The molecule has 0 amide bonds. The fourth-order valence-electron chi connectivity index (χ4n) is 1.91. The molecule has 2 heterocycles. The molecule has 1 atom stereocenters. The Labute approximate surface area is 84.5 Å². The van der Waals surface area contributed by atoms with Crippen LogP contribution in [0.15, 0.2) is 18.3 Å². The molecule has 0 saturated carbocycles. The van der Waals surface area contributed by atoms with Gasteiger partial charge in [0.2, 0.25) is 5.88 Å². The lowest BCUT2D eigenvalue weighted by Gasteiger charge is -2.08. The zero-order chi connectivity index (χ0) is 9.80. The molecule has 0 bridgehead atoms. The zero-order valence-electron chi connectivity index (χ0n) is 8.49. The minimum Gasteiger partial charge on any atom is -0.481 e. The largest absolute Gasteiger partial charge is 0.481 e. The highest BCUT2D eigenvalue weighted by Gasteiger charge is 2.14. The predicted octanol–water partition coefficient (Wildman–Crippen LogP) is 1.24. The van der Waals surface area contributed by atoms with E-state index < -0.39 is 0 Å². The second-order valence-electron chi connectivity index (χ2n) is 3.77. The Morgan fingerprint density at radius 1 is 1.64 bits per heavy atom. The van der Waals surface area contributed by atoms with Crippen LogP contribution in [0.4, 0.5) is 0 Å². The van der Waals surface area contributed by atoms with E-state index in [4.69, 9.17) is 4.74 Å². The molecule has 0 aromatic carbocycles. The third-order valence-corrected chi connectivity index (χ3v) is 2.70. The quantitative estimate of drug-likeness (QED) is 0.782. The summed E-state index contributed by atoms with van der Waals surface area (Å²) in [4.78, 5) is 4.09. The number of hydrogen-bond acceptors (Lipinski definition) is 3. The molecule has 1 aliphatic heterocycles. The van der Waals surface area contributed by atoms with Crippen LogP contribution in [-0.2, 0) is 6.42 Å². The van der Waals surface area contributed by atoms with E-state index in [1.165, 1.54) is 12.0 Å². The van der Waals surface area contributed by atoms with E-state index in [1.807, 2.05) is 12.3 Å². The van der Waals surface area contributed by atoms with Crippen molar-refractivity contribution in [1.29, 1.82) is 0 Å². The van der Waals surface area contributed by atoms with Crippen molar-refractivity contribution in [3.05, 3.63) is 23.9 Å². The van der Waals surface area contributed by atoms with Gasteiger partial charge in [-0.2, -0.15) is 0 Å². The van der Waals surface area contributed by atoms with Crippen LogP contribution in [0.1, 0.15) is 12.0 Å². The lowest BCUT2D eigenvalue weighted by molar-refractivity contribution is 0.397. The number of nitrogens with zero attached hydrogens (tertiary/aromatic N) is 1. The first-order valence-electron chi connectivity index (χ1n) is 5.08. The van der Waals surface area contributed by atoms with Crippen LogP contribution in [0.5, 0.6) is 5.88 Å². The molecule has 1 fully saturated rings. The summed E-state index contributed by atoms with van der Waals surface area (Å²) in [5, 5.41) is 3.37. The fourth-order valence-corrected chi connectivity index (χ4v) is 1.91. The highest BCUT2D eigenvalue weighted by molar-refractivity contribution is 5.21. The number of methoxy groups -OCH3 is 1. The summed E-state index contributed by atoms with van der Waals surface area (Å²) in [5.74, 6) is 1.50. The van der Waals surface area contributed by atoms with Gasteiger partial charge in [-0.1, -0.05) is 0 Å². The van der Waals surface area contributed by atoms with Gasteiger partial charge in [0.25, 0.3) is 0 Å². The van der Waals surface area contributed by atoms with Gasteiger partial charge in [0.05, 0.1) is 7.11 Å². The molecule has 76 valence electrons. The molecular weight excluding hydrogens is 176 g/mol. The third-order valence-electron chi connectivity index (χ3n) is 2.70. The maximum Gasteiger partial charge on any atom is 0.213 e. The van der Waals surface area contributed by atoms with Gasteiger partial charge >= 0.3 is 0 Å². The van der Waals surface area contributed by atoms with E-state index >= 15 is 0 Å². The van der Waals surface area contributed by atoms with E-state index in [2.05, 4.69) is 16.4 Å². The smallest absolute Gasteiger partial charge is 0.213 e. The molecule has 0 radical (unpaired) electrons. The maximum atomic E-state index is 5.09. The van der Waals surface area contributed by atoms with E-state index in [0.29, 0.717) is 5.88 Å². The Morgan fingerprint density at radius 3 is 3.29 bits per heavy atom. The van der Waals surface area contributed by atoms with Gasteiger partial charge in [-0.15, -0.1) is 0 Å². The van der Waals surface area contributed by atoms with Crippen LogP contribution in [0, 0.1) is 5.92 Å². The summed E-state index contributed by atoms with van der Waals surface area (Å²) in [6, 6.07) is 4.10. The minimum absolute atomic E-state index is 0.716. The molecule has 3 nitrogen and oxygen atoms in total. The first-order valence-corrected chi connectivity index (χ1v) is 5.08. The fraction of sp³-hybridized carbons (Fsp3) is 0.545. The summed E-state index contributed by atoms with van der Waals surface area (Å²) in [7, 11) is 1.66. The number of hydrogen-bond donors (Lipinski definition) is 1. The molecule has 1 aliphatic rings. The first kappa shape index (κ1) is 9.46. The molecule has 0 spiro atoms. The summed E-state index contributed by atoms with van der Waals surface area (Å²) >= 11 is 0. The summed E-state index contributed by atoms with van der Waals surface area (Å²) in [6.07, 6.45) is 4.23. The number of aromatic nitrogens is 1. The van der Waals surface area contributed by atoms with Crippen molar-refractivity contribution in [3.63, 3.8) is 0 Å². The second-order valence-corrected chi connectivity index (χ2v) is 3.77. The average Bonchev–Trinajstić information content (AvgIpc) is 2.71. The first-order chi connectivity index (χ1) is 6.88. The van der Waals surface area contributed by atoms with Crippen molar-refractivity contribution in [2.75, 3.05) is 20.2 Å². The van der Waals surface area contributed by atoms with Crippen molar-refractivity contribution in [1.82, 2.24) is 10.3 Å². The molecule has 14 heavy (non-hydrogen) atoms. The molecule has 2 rings (SSSR count). The van der Waals surface area contributed by atoms with Crippen LogP contribution in [-0.4, -0.2) is 25.2 Å². The Bertz CT molecular complexity index is 295.